The van der Waals surface area contributed by atoms with Crippen LogP contribution in [0.5, 0.6) is 0 Å². The van der Waals surface area contributed by atoms with Crippen LogP contribution in [-0.2, 0) is 0 Å². The van der Waals surface area contributed by atoms with Crippen LogP contribution in [0.4, 0.5) is 0 Å². The second-order valence-electron chi connectivity index (χ2n) is 5.55. The third-order valence-electron chi connectivity index (χ3n) is 4.34. The molecule has 0 amide bonds. The molecule has 3 heteroatoms. The zero-order valence-electron chi connectivity index (χ0n) is 11.8. The molecule has 0 radical (unpaired) electrons. The van der Waals surface area contributed by atoms with Gasteiger partial charge in [0.1, 0.15) is 0 Å². The van der Waals surface area contributed by atoms with Crippen LogP contribution in [0.3, 0.4) is 0 Å². The largest absolute Gasteiger partial charge is 0.393 e. The number of nitrogens with two attached hydrogens (primary N) is 1. The number of rotatable bonds is 1. The van der Waals surface area contributed by atoms with E-state index in [0.717, 1.165) is 51.6 Å². The Labute approximate surface area is 106 Å². The fourth-order valence-corrected chi connectivity index (χ4v) is 2.98. The van der Waals surface area contributed by atoms with Crippen molar-refractivity contribution in [1.82, 2.24) is 4.90 Å². The van der Waals surface area contributed by atoms with Crippen LogP contribution >= 0.6 is 0 Å². The van der Waals surface area contributed by atoms with Crippen molar-refractivity contribution in [2.45, 2.75) is 77.0 Å². The summed E-state index contributed by atoms with van der Waals surface area (Å²) in [5.74, 6) is 0. The van der Waals surface area contributed by atoms with Gasteiger partial charge in [0.15, 0.2) is 0 Å². The molecule has 3 N–H and O–H groups in total. The molecule has 0 aromatic carbocycles. The van der Waals surface area contributed by atoms with E-state index >= 15 is 0 Å². The van der Waals surface area contributed by atoms with Gasteiger partial charge in [0.25, 0.3) is 0 Å². The fourth-order valence-electron chi connectivity index (χ4n) is 2.98. The summed E-state index contributed by atoms with van der Waals surface area (Å²) in [4.78, 5) is 2.60. The average Bonchev–Trinajstić information content (AvgIpc) is 2.36. The predicted octanol–water partition coefficient (Wildman–Crippen LogP) is 2.13. The first-order valence-electron chi connectivity index (χ1n) is 7.29. The maximum Gasteiger partial charge on any atom is 0.0541 e. The summed E-state index contributed by atoms with van der Waals surface area (Å²) in [5, 5.41) is 9.54. The first kappa shape index (κ1) is 14.9. The minimum atomic E-state index is -0.0508. The summed E-state index contributed by atoms with van der Waals surface area (Å²) in [6.07, 6.45) is 6.45. The van der Waals surface area contributed by atoms with Gasteiger partial charge in [-0.25, -0.2) is 0 Å². The molecule has 2 fully saturated rings. The highest BCUT2D eigenvalue weighted by molar-refractivity contribution is 4.93. The lowest BCUT2D eigenvalue weighted by molar-refractivity contribution is 0.00475. The van der Waals surface area contributed by atoms with E-state index in [4.69, 9.17) is 5.73 Å². The lowest BCUT2D eigenvalue weighted by atomic mass is 9.79. The second-order valence-corrected chi connectivity index (χ2v) is 5.55. The Morgan fingerprint density at radius 1 is 1.06 bits per heavy atom. The highest BCUT2D eigenvalue weighted by Crippen LogP contribution is 2.34. The van der Waals surface area contributed by atoms with Gasteiger partial charge in [-0.15, -0.1) is 0 Å². The minimum Gasteiger partial charge on any atom is -0.393 e. The predicted molar refractivity (Wildman–Crippen MR) is 73.0 cm³/mol. The van der Waals surface area contributed by atoms with Crippen molar-refractivity contribution in [1.29, 1.82) is 0 Å². The van der Waals surface area contributed by atoms with Gasteiger partial charge in [-0.05, 0) is 45.4 Å². The monoisotopic (exact) mass is 242 g/mol. The maximum atomic E-state index is 9.54. The van der Waals surface area contributed by atoms with Gasteiger partial charge >= 0.3 is 0 Å². The molecule has 1 saturated carbocycles. The molecule has 17 heavy (non-hydrogen) atoms. The smallest absolute Gasteiger partial charge is 0.0541 e. The quantitative estimate of drug-likeness (QED) is 0.740. The van der Waals surface area contributed by atoms with Gasteiger partial charge in [0.2, 0.25) is 0 Å². The van der Waals surface area contributed by atoms with E-state index in [0.29, 0.717) is 11.6 Å². The van der Waals surface area contributed by atoms with Crippen molar-refractivity contribution in [2.75, 3.05) is 13.1 Å². The highest BCUT2D eigenvalue weighted by atomic mass is 16.3. The van der Waals surface area contributed by atoms with E-state index in [9.17, 15) is 5.11 Å². The molecule has 2 aliphatic rings. The molecule has 0 aromatic heterocycles. The van der Waals surface area contributed by atoms with Gasteiger partial charge in [0.05, 0.1) is 6.10 Å². The van der Waals surface area contributed by atoms with Gasteiger partial charge in [0, 0.05) is 24.7 Å². The fraction of sp³-hybridized carbons (Fsp3) is 1.00. The first-order chi connectivity index (χ1) is 8.10. The molecule has 1 saturated heterocycles. The number of nitrogens with zero attached hydrogens (tertiary/aromatic N) is 1. The van der Waals surface area contributed by atoms with Crippen LogP contribution in [0.15, 0.2) is 0 Å². The van der Waals surface area contributed by atoms with E-state index < -0.39 is 0 Å². The van der Waals surface area contributed by atoms with Crippen LogP contribution in [0.25, 0.3) is 0 Å². The summed E-state index contributed by atoms with van der Waals surface area (Å²) >= 11 is 0. The summed E-state index contributed by atoms with van der Waals surface area (Å²) in [6, 6.07) is 0.416. The van der Waals surface area contributed by atoms with Crippen molar-refractivity contribution < 1.29 is 5.11 Å². The summed E-state index contributed by atoms with van der Waals surface area (Å²) in [7, 11) is 0. The zero-order chi connectivity index (χ0) is 12.9. The summed E-state index contributed by atoms with van der Waals surface area (Å²) in [5.41, 5.74) is 6.26. The molecule has 0 spiro atoms. The van der Waals surface area contributed by atoms with Crippen molar-refractivity contribution in [3.05, 3.63) is 0 Å². The Hall–Kier alpha value is -0.120. The third-order valence-corrected chi connectivity index (χ3v) is 4.34. The molecule has 1 aliphatic carbocycles. The maximum absolute atomic E-state index is 9.54. The molecular weight excluding hydrogens is 212 g/mol. The van der Waals surface area contributed by atoms with E-state index in [1.807, 2.05) is 13.8 Å². The Balaban J connectivity index is 0.000000686. The van der Waals surface area contributed by atoms with Gasteiger partial charge in [-0.2, -0.15) is 0 Å². The number of piperidine rings is 1. The van der Waals surface area contributed by atoms with Crippen molar-refractivity contribution in [2.24, 2.45) is 5.73 Å². The van der Waals surface area contributed by atoms with Crippen LogP contribution in [0, 0.1) is 0 Å². The van der Waals surface area contributed by atoms with Crippen LogP contribution in [0.1, 0.15) is 59.3 Å². The average molecular weight is 242 g/mol. The first-order valence-corrected chi connectivity index (χ1v) is 7.29. The Morgan fingerprint density at radius 3 is 2.00 bits per heavy atom. The zero-order valence-corrected chi connectivity index (χ0v) is 11.8. The molecule has 1 heterocycles. The molecule has 0 atom stereocenters. The summed E-state index contributed by atoms with van der Waals surface area (Å²) in [6.45, 7) is 8.65. The highest BCUT2D eigenvalue weighted by Gasteiger charge is 2.36. The molecule has 102 valence electrons. The summed E-state index contributed by atoms with van der Waals surface area (Å²) < 4.78 is 0. The lowest BCUT2D eigenvalue weighted by Gasteiger charge is -2.47. The molecule has 1 aliphatic heterocycles. The van der Waals surface area contributed by atoms with Gasteiger partial charge in [-0.1, -0.05) is 13.8 Å². The second kappa shape index (κ2) is 6.72. The third kappa shape index (κ3) is 3.94. The normalized spacial score (nSPS) is 36.2. The van der Waals surface area contributed by atoms with Crippen molar-refractivity contribution >= 4 is 0 Å². The van der Waals surface area contributed by atoms with E-state index in [-0.39, 0.29) is 6.10 Å². The van der Waals surface area contributed by atoms with Crippen molar-refractivity contribution in [3.63, 3.8) is 0 Å². The molecule has 0 aromatic rings. The Bertz CT molecular complexity index is 204. The van der Waals surface area contributed by atoms with E-state index in [1.165, 1.54) is 0 Å². The van der Waals surface area contributed by atoms with E-state index in [1.54, 1.807) is 0 Å². The molecule has 0 bridgehead atoms. The number of likely N-dealkylation sites (tertiary alicyclic amines) is 1. The van der Waals surface area contributed by atoms with Crippen LogP contribution in [0.2, 0.25) is 0 Å². The molecular formula is C14H30N2O. The molecule has 3 nitrogen and oxygen atoms in total. The number of hydrogen-bond acceptors (Lipinski definition) is 3. The number of aliphatic hydroxyl groups is 1. The minimum absolute atomic E-state index is 0.0508. The number of aliphatic hydroxyl groups excluding tert-OH is 1. The lowest BCUT2D eigenvalue weighted by Crippen LogP contribution is -2.53. The standard InChI is InChI=1S/C12H24N2O.C2H6/c1-12(6-2-11(15)3-7-12)14-8-4-10(13)5-9-14;1-2/h10-11,15H,2-9,13H2,1H3;1-2H3. The number of hydrogen-bond donors (Lipinski definition) is 2. The Morgan fingerprint density at radius 2 is 1.53 bits per heavy atom. The topological polar surface area (TPSA) is 49.5 Å². The Kier molecular flexibility index (Phi) is 5.90. The van der Waals surface area contributed by atoms with E-state index in [2.05, 4.69) is 11.8 Å². The van der Waals surface area contributed by atoms with Crippen molar-refractivity contribution in [3.8, 4) is 0 Å². The van der Waals surface area contributed by atoms with Crippen LogP contribution < -0.4 is 5.73 Å². The van der Waals surface area contributed by atoms with Gasteiger partial charge in [-0.3, -0.25) is 4.90 Å². The van der Waals surface area contributed by atoms with Gasteiger partial charge < -0.3 is 10.8 Å². The molecule has 2 rings (SSSR count). The van der Waals surface area contributed by atoms with Crippen LogP contribution in [-0.4, -0.2) is 40.8 Å². The SMILES string of the molecule is CC.CC1(N2CCC(N)CC2)CCC(O)CC1. The molecule has 0 unspecified atom stereocenters.